The van der Waals surface area contributed by atoms with Crippen LogP contribution in [0.5, 0.6) is 0 Å². The monoisotopic (exact) mass is 266 g/mol. The van der Waals surface area contributed by atoms with Gasteiger partial charge in [0.1, 0.15) is 0 Å². The van der Waals surface area contributed by atoms with E-state index in [1.54, 1.807) is 0 Å². The van der Waals surface area contributed by atoms with Crippen molar-refractivity contribution in [3.8, 4) is 0 Å². The van der Waals surface area contributed by atoms with E-state index in [-0.39, 0.29) is 15.5 Å². The van der Waals surface area contributed by atoms with E-state index >= 15 is 0 Å². The minimum atomic E-state index is -3.80. The Bertz CT molecular complexity index is 495. The lowest BCUT2D eigenvalue weighted by molar-refractivity contribution is 0.0596. The Hall–Kier alpha value is -0.720. The topological polar surface area (TPSA) is 60.4 Å². The molecule has 0 unspecified atom stereocenters. The summed E-state index contributed by atoms with van der Waals surface area (Å²) in [5.41, 5.74) is -0.0862. The highest BCUT2D eigenvalue weighted by atomic mass is 35.5. The van der Waals surface area contributed by atoms with Gasteiger partial charge < -0.3 is 4.74 Å². The lowest BCUT2D eigenvalue weighted by Gasteiger charge is -2.05. The molecule has 4 nitrogen and oxygen atoms in total. The van der Waals surface area contributed by atoms with Crippen molar-refractivity contribution in [2.45, 2.75) is 4.90 Å². The molecule has 0 aliphatic heterocycles. The van der Waals surface area contributed by atoms with Gasteiger partial charge in [-0.1, -0.05) is 11.6 Å². The van der Waals surface area contributed by atoms with Gasteiger partial charge in [0.2, 0.25) is 8.87 Å². The third-order valence-corrected chi connectivity index (χ3v) is 3.35. The molecule has 15 heavy (non-hydrogen) atoms. The second-order valence-corrected chi connectivity index (χ2v) is 5.88. The number of hydrogen-bond donors (Lipinski definition) is 1. The number of hydrogen-bond acceptors (Lipinski definition) is 4. The van der Waals surface area contributed by atoms with Crippen LogP contribution < -0.4 is 0 Å². The van der Waals surface area contributed by atoms with Crippen molar-refractivity contribution in [3.63, 3.8) is 0 Å². The third-order valence-electron chi connectivity index (χ3n) is 1.63. The zero-order valence-corrected chi connectivity index (χ0v) is 10.1. The van der Waals surface area contributed by atoms with Gasteiger partial charge in [0.25, 0.3) is 0 Å². The number of esters is 1. The first-order chi connectivity index (χ1) is 6.86. The lowest BCUT2D eigenvalue weighted by Crippen LogP contribution is -2.07. The summed E-state index contributed by atoms with van der Waals surface area (Å²) in [6.45, 7) is 0. The van der Waals surface area contributed by atoms with E-state index in [4.69, 9.17) is 11.6 Å². The number of rotatable bonds is 2. The van der Waals surface area contributed by atoms with Crippen LogP contribution in [0.15, 0.2) is 23.1 Å². The zero-order valence-electron chi connectivity index (χ0n) is 7.60. The second-order valence-electron chi connectivity index (χ2n) is 2.61. The minimum Gasteiger partial charge on any atom is -0.465 e. The minimum absolute atomic E-state index is 0.0862. The van der Waals surface area contributed by atoms with E-state index in [2.05, 4.69) is 16.4 Å². The molecule has 0 heterocycles. The Labute approximate surface area is 96.9 Å². The van der Waals surface area contributed by atoms with Gasteiger partial charge in [-0.15, -0.1) is 0 Å². The van der Waals surface area contributed by atoms with Gasteiger partial charge in [0.15, 0.2) is 0 Å². The molecule has 1 aromatic carbocycles. The summed E-state index contributed by atoms with van der Waals surface area (Å²) in [4.78, 5) is 11.0. The molecule has 0 aromatic heterocycles. The highest BCUT2D eigenvalue weighted by molar-refractivity contribution is 8.63. The summed E-state index contributed by atoms with van der Waals surface area (Å²) in [5.74, 6) is -0.751. The molecular formula is C8H7ClO4S2. The first kappa shape index (κ1) is 12.4. The predicted molar refractivity (Wildman–Crippen MR) is 59.0 cm³/mol. The Kier molecular flexibility index (Phi) is 3.64. The fraction of sp³-hybridized carbons (Fsp3) is 0.125. The molecule has 0 radical (unpaired) electrons. The number of methoxy groups -OCH3 is 1. The summed E-state index contributed by atoms with van der Waals surface area (Å²) in [6, 6.07) is 3.82. The van der Waals surface area contributed by atoms with Gasteiger partial charge in [-0.25, -0.2) is 13.2 Å². The van der Waals surface area contributed by atoms with Gasteiger partial charge in [0.05, 0.1) is 17.6 Å². The van der Waals surface area contributed by atoms with Gasteiger partial charge >= 0.3 is 5.97 Å². The van der Waals surface area contributed by atoms with E-state index in [9.17, 15) is 13.2 Å². The van der Waals surface area contributed by atoms with E-state index in [1.807, 2.05) is 0 Å². The van der Waals surface area contributed by atoms with Crippen LogP contribution in [0, 0.1) is 0 Å². The maximum absolute atomic E-state index is 11.2. The number of ether oxygens (including phenoxy) is 1. The summed E-state index contributed by atoms with van der Waals surface area (Å²) in [7, 11) is -2.64. The quantitative estimate of drug-likeness (QED) is 0.503. The summed E-state index contributed by atoms with van der Waals surface area (Å²) in [6.07, 6.45) is 0. The van der Waals surface area contributed by atoms with Crippen molar-refractivity contribution in [2.24, 2.45) is 0 Å². The molecule has 0 atom stereocenters. The van der Waals surface area contributed by atoms with E-state index in [1.165, 1.54) is 12.1 Å². The van der Waals surface area contributed by atoms with Crippen molar-refractivity contribution >= 4 is 38.1 Å². The molecule has 82 valence electrons. The Morgan fingerprint density at radius 1 is 1.47 bits per heavy atom. The van der Waals surface area contributed by atoms with E-state index in [0.29, 0.717) is 0 Å². The highest BCUT2D eigenvalue weighted by Crippen LogP contribution is 2.24. The smallest absolute Gasteiger partial charge is 0.339 e. The predicted octanol–water partition coefficient (Wildman–Crippen LogP) is 1.75. The van der Waals surface area contributed by atoms with E-state index < -0.39 is 14.8 Å². The van der Waals surface area contributed by atoms with Gasteiger partial charge in [0, 0.05) is 5.02 Å². The fourth-order valence-corrected chi connectivity index (χ4v) is 2.38. The molecule has 0 aliphatic carbocycles. The van der Waals surface area contributed by atoms with Crippen molar-refractivity contribution in [1.29, 1.82) is 0 Å². The van der Waals surface area contributed by atoms with Crippen LogP contribution in [0.1, 0.15) is 10.4 Å². The summed E-state index contributed by atoms with van der Waals surface area (Å²) >= 11 is 9.02. The number of halogens is 1. The first-order valence-electron chi connectivity index (χ1n) is 3.71. The lowest BCUT2D eigenvalue weighted by atomic mass is 10.2. The molecular weight excluding hydrogens is 260 g/mol. The second kappa shape index (κ2) is 4.42. The van der Waals surface area contributed by atoms with Crippen LogP contribution in [0.25, 0.3) is 0 Å². The van der Waals surface area contributed by atoms with Gasteiger partial charge in [-0.05, 0) is 29.9 Å². The van der Waals surface area contributed by atoms with E-state index in [0.717, 1.165) is 13.2 Å². The Morgan fingerprint density at radius 3 is 2.53 bits per heavy atom. The van der Waals surface area contributed by atoms with Crippen LogP contribution in [-0.2, 0) is 13.6 Å². The molecule has 0 aliphatic rings. The molecule has 0 fully saturated rings. The van der Waals surface area contributed by atoms with Gasteiger partial charge in [-0.3, -0.25) is 0 Å². The van der Waals surface area contributed by atoms with Crippen molar-refractivity contribution in [2.75, 3.05) is 7.11 Å². The zero-order chi connectivity index (χ0) is 11.6. The number of benzene rings is 1. The maximum atomic E-state index is 11.2. The SMILES string of the molecule is COC(=O)c1ccc(Cl)cc1S(=O)(=O)S. The average molecular weight is 267 g/mol. The van der Waals surface area contributed by atoms with Crippen LogP contribution in [0.2, 0.25) is 5.02 Å². The van der Waals surface area contributed by atoms with Crippen LogP contribution >= 0.6 is 23.3 Å². The first-order valence-corrected chi connectivity index (χ1v) is 6.63. The standard InChI is InChI=1S/C8H7ClO4S2/c1-13-8(10)6-3-2-5(9)4-7(6)15(11,12)14/h2-4H,1H3,(H,11,12,14). The van der Waals surface area contributed by atoms with Crippen LogP contribution in [0.3, 0.4) is 0 Å². The molecule has 1 rings (SSSR count). The molecule has 0 saturated carbocycles. The van der Waals surface area contributed by atoms with Crippen molar-refractivity contribution in [3.05, 3.63) is 28.8 Å². The molecule has 0 bridgehead atoms. The Balaban J connectivity index is 3.47. The third kappa shape index (κ3) is 2.87. The largest absolute Gasteiger partial charge is 0.465 e. The molecule has 0 spiro atoms. The summed E-state index contributed by atoms with van der Waals surface area (Å²) < 4.78 is 26.9. The maximum Gasteiger partial charge on any atom is 0.339 e. The molecule has 0 amide bonds. The normalized spacial score (nSPS) is 11.1. The molecule has 0 saturated heterocycles. The summed E-state index contributed by atoms with van der Waals surface area (Å²) in [5, 5.41) is 0.204. The van der Waals surface area contributed by atoms with Crippen LogP contribution in [0.4, 0.5) is 0 Å². The average Bonchev–Trinajstić information content (AvgIpc) is 2.15. The molecule has 1 aromatic rings. The fourth-order valence-electron chi connectivity index (χ4n) is 0.988. The Morgan fingerprint density at radius 2 is 2.07 bits per heavy atom. The van der Waals surface area contributed by atoms with Crippen molar-refractivity contribution in [1.82, 2.24) is 0 Å². The van der Waals surface area contributed by atoms with Crippen LogP contribution in [-0.4, -0.2) is 21.5 Å². The molecule has 0 N–H and O–H groups in total. The highest BCUT2D eigenvalue weighted by Gasteiger charge is 2.20. The number of carbonyl (C=O) groups excluding carboxylic acids is 1. The number of thiol groups is 1. The number of carbonyl (C=O) groups is 1. The van der Waals surface area contributed by atoms with Crippen molar-refractivity contribution < 1.29 is 17.9 Å². The van der Waals surface area contributed by atoms with Gasteiger partial charge in [-0.2, -0.15) is 0 Å². The molecule has 7 heteroatoms.